The number of benzene rings is 2. The number of nitrogens with zero attached hydrogens (tertiary/aromatic N) is 1. The molecule has 6 heteroatoms. The van der Waals surface area contributed by atoms with Gasteiger partial charge in [0.05, 0.1) is 13.0 Å². The minimum Gasteiger partial charge on any atom is -0.497 e. The normalized spacial score (nSPS) is 17.3. The van der Waals surface area contributed by atoms with Crippen LogP contribution in [0, 0.1) is 5.92 Å². The van der Waals surface area contributed by atoms with Crippen LogP contribution in [-0.4, -0.2) is 37.4 Å². The third kappa shape index (κ3) is 4.22. The molecule has 2 aromatic rings. The zero-order valence-corrected chi connectivity index (χ0v) is 16.0. The fourth-order valence-corrected chi connectivity index (χ4v) is 3.22. The molecule has 1 heterocycles. The van der Waals surface area contributed by atoms with Gasteiger partial charge in [0.2, 0.25) is 11.7 Å². The minimum absolute atomic E-state index is 0.0703. The Morgan fingerprint density at radius 1 is 1.11 bits per heavy atom. The molecule has 0 saturated carbocycles. The number of ketones is 1. The Morgan fingerprint density at radius 3 is 2.39 bits per heavy atom. The van der Waals surface area contributed by atoms with Crippen molar-refractivity contribution >= 4 is 23.3 Å². The molecule has 1 aliphatic heterocycles. The molecule has 1 fully saturated rings. The Bertz CT molecular complexity index is 847. The maximum absolute atomic E-state index is 12.6. The van der Waals surface area contributed by atoms with E-state index < -0.39 is 18.0 Å². The Balaban J connectivity index is 1.65. The minimum atomic E-state index is -0.847. The summed E-state index contributed by atoms with van der Waals surface area (Å²) in [6.07, 6.45) is -0.400. The number of esters is 1. The van der Waals surface area contributed by atoms with Gasteiger partial charge in [-0.2, -0.15) is 0 Å². The van der Waals surface area contributed by atoms with Gasteiger partial charge in [0.25, 0.3) is 0 Å². The van der Waals surface area contributed by atoms with Gasteiger partial charge >= 0.3 is 5.97 Å². The van der Waals surface area contributed by atoms with Crippen LogP contribution in [0.4, 0.5) is 5.69 Å². The van der Waals surface area contributed by atoms with Gasteiger partial charge in [0.15, 0.2) is 6.10 Å². The highest BCUT2D eigenvalue weighted by Gasteiger charge is 2.37. The van der Waals surface area contributed by atoms with Crippen LogP contribution in [0.15, 0.2) is 54.6 Å². The lowest BCUT2D eigenvalue weighted by Gasteiger charge is -2.19. The summed E-state index contributed by atoms with van der Waals surface area (Å²) in [5.41, 5.74) is 1.21. The summed E-state index contributed by atoms with van der Waals surface area (Å²) < 4.78 is 10.6. The van der Waals surface area contributed by atoms with Crippen molar-refractivity contribution in [3.05, 3.63) is 60.2 Å². The molecule has 146 valence electrons. The van der Waals surface area contributed by atoms with E-state index in [1.54, 1.807) is 67.5 Å². The zero-order chi connectivity index (χ0) is 20.1. The summed E-state index contributed by atoms with van der Waals surface area (Å²) >= 11 is 0. The van der Waals surface area contributed by atoms with Crippen molar-refractivity contribution < 1.29 is 23.9 Å². The predicted molar refractivity (Wildman–Crippen MR) is 104 cm³/mol. The van der Waals surface area contributed by atoms with Crippen LogP contribution in [0.5, 0.6) is 5.75 Å². The molecule has 1 saturated heterocycles. The first-order chi connectivity index (χ1) is 13.5. The molecule has 2 aromatic carbocycles. The molecule has 0 radical (unpaired) electrons. The first-order valence-corrected chi connectivity index (χ1v) is 9.27. The second-order valence-corrected chi connectivity index (χ2v) is 6.67. The molecule has 0 unspecified atom stereocenters. The summed E-state index contributed by atoms with van der Waals surface area (Å²) in [5.74, 6) is -0.786. The van der Waals surface area contributed by atoms with Crippen LogP contribution in [0.2, 0.25) is 0 Å². The largest absolute Gasteiger partial charge is 0.497 e. The topological polar surface area (TPSA) is 72.9 Å². The predicted octanol–water partition coefficient (Wildman–Crippen LogP) is 3.25. The van der Waals surface area contributed by atoms with Crippen molar-refractivity contribution in [2.75, 3.05) is 18.6 Å². The molecule has 0 N–H and O–H groups in total. The molecule has 0 bridgehead atoms. The number of anilines is 1. The second kappa shape index (κ2) is 8.69. The number of carbonyl (C=O) groups excluding carboxylic acids is 3. The summed E-state index contributed by atoms with van der Waals surface area (Å²) in [7, 11) is 1.57. The van der Waals surface area contributed by atoms with E-state index in [0.29, 0.717) is 23.4 Å². The number of rotatable bonds is 7. The number of hydrogen-bond acceptors (Lipinski definition) is 5. The summed E-state index contributed by atoms with van der Waals surface area (Å²) in [5, 5.41) is 0. The highest BCUT2D eigenvalue weighted by molar-refractivity contribution is 6.02. The molecule has 1 amide bonds. The molecule has 6 nitrogen and oxygen atoms in total. The SMILES string of the molecule is CC[C@H](OC(=O)[C@@H]1CC(=O)N(c2ccc(OC)cc2)C1)C(=O)c1ccccc1. The van der Waals surface area contributed by atoms with E-state index in [2.05, 4.69) is 0 Å². The van der Waals surface area contributed by atoms with Crippen molar-refractivity contribution in [2.24, 2.45) is 5.92 Å². The van der Waals surface area contributed by atoms with Crippen LogP contribution in [0.1, 0.15) is 30.1 Å². The molecule has 0 aromatic heterocycles. The Hall–Kier alpha value is -3.15. The number of amides is 1. The van der Waals surface area contributed by atoms with Gasteiger partial charge in [0, 0.05) is 24.2 Å². The number of methoxy groups -OCH3 is 1. The molecular formula is C22H23NO5. The van der Waals surface area contributed by atoms with Gasteiger partial charge in [-0.3, -0.25) is 14.4 Å². The monoisotopic (exact) mass is 381 g/mol. The standard InChI is InChI=1S/C22H23NO5/c1-3-19(21(25)15-7-5-4-6-8-15)28-22(26)16-13-20(24)23(14-16)17-9-11-18(27-2)12-10-17/h4-12,16,19H,3,13-14H2,1-2H3/t16-,19+/m1/s1. The number of carbonyl (C=O) groups is 3. The van der Waals surface area contributed by atoms with Crippen molar-refractivity contribution in [1.82, 2.24) is 0 Å². The van der Waals surface area contributed by atoms with Crippen molar-refractivity contribution in [1.29, 1.82) is 0 Å². The number of ether oxygens (including phenoxy) is 2. The lowest BCUT2D eigenvalue weighted by Crippen LogP contribution is -2.31. The molecular weight excluding hydrogens is 358 g/mol. The average Bonchev–Trinajstić information content (AvgIpc) is 3.13. The summed E-state index contributed by atoms with van der Waals surface area (Å²) in [6, 6.07) is 15.8. The lowest BCUT2D eigenvalue weighted by atomic mass is 10.0. The van der Waals surface area contributed by atoms with Gasteiger partial charge in [-0.05, 0) is 30.7 Å². The zero-order valence-electron chi connectivity index (χ0n) is 16.0. The van der Waals surface area contributed by atoms with Gasteiger partial charge < -0.3 is 14.4 Å². The van der Waals surface area contributed by atoms with Crippen LogP contribution in [0.3, 0.4) is 0 Å². The van der Waals surface area contributed by atoms with Gasteiger partial charge in [-0.1, -0.05) is 37.3 Å². The highest BCUT2D eigenvalue weighted by atomic mass is 16.5. The Kier molecular flexibility index (Phi) is 6.09. The van der Waals surface area contributed by atoms with E-state index in [0.717, 1.165) is 0 Å². The van der Waals surface area contributed by atoms with E-state index in [-0.39, 0.29) is 24.7 Å². The molecule has 2 atom stereocenters. The third-order valence-corrected chi connectivity index (χ3v) is 4.82. The first kappa shape index (κ1) is 19.6. The van der Waals surface area contributed by atoms with Crippen LogP contribution in [-0.2, 0) is 14.3 Å². The van der Waals surface area contributed by atoms with Crippen molar-refractivity contribution in [2.45, 2.75) is 25.9 Å². The molecule has 0 spiro atoms. The average molecular weight is 381 g/mol. The summed E-state index contributed by atoms with van der Waals surface area (Å²) in [4.78, 5) is 39.1. The highest BCUT2D eigenvalue weighted by Crippen LogP contribution is 2.28. The molecule has 0 aliphatic carbocycles. The fraction of sp³-hybridized carbons (Fsp3) is 0.318. The lowest BCUT2D eigenvalue weighted by molar-refractivity contribution is -0.151. The number of Topliss-reactive ketones (excluding diaryl/α,β-unsaturated/α-hetero) is 1. The van der Waals surface area contributed by atoms with E-state index in [1.807, 2.05) is 6.07 Å². The molecule has 1 aliphatic rings. The maximum Gasteiger partial charge on any atom is 0.312 e. The summed E-state index contributed by atoms with van der Waals surface area (Å²) in [6.45, 7) is 2.03. The van der Waals surface area contributed by atoms with Gasteiger partial charge in [0.1, 0.15) is 5.75 Å². The maximum atomic E-state index is 12.6. The molecule has 3 rings (SSSR count). The van der Waals surface area contributed by atoms with Crippen molar-refractivity contribution in [3.8, 4) is 5.75 Å². The van der Waals surface area contributed by atoms with Gasteiger partial charge in [-0.15, -0.1) is 0 Å². The smallest absolute Gasteiger partial charge is 0.312 e. The van der Waals surface area contributed by atoms with E-state index in [1.165, 1.54) is 0 Å². The second-order valence-electron chi connectivity index (χ2n) is 6.67. The van der Waals surface area contributed by atoms with E-state index >= 15 is 0 Å². The van der Waals surface area contributed by atoms with Crippen LogP contribution >= 0.6 is 0 Å². The number of hydrogen-bond donors (Lipinski definition) is 0. The first-order valence-electron chi connectivity index (χ1n) is 9.27. The third-order valence-electron chi connectivity index (χ3n) is 4.82. The Labute approximate surface area is 164 Å². The van der Waals surface area contributed by atoms with Gasteiger partial charge in [-0.25, -0.2) is 0 Å². The quantitative estimate of drug-likeness (QED) is 0.544. The Morgan fingerprint density at radius 2 is 1.79 bits per heavy atom. The van der Waals surface area contributed by atoms with E-state index in [9.17, 15) is 14.4 Å². The van der Waals surface area contributed by atoms with Crippen LogP contribution in [0.25, 0.3) is 0 Å². The van der Waals surface area contributed by atoms with E-state index in [4.69, 9.17) is 9.47 Å². The molecule has 28 heavy (non-hydrogen) atoms. The van der Waals surface area contributed by atoms with Crippen molar-refractivity contribution in [3.63, 3.8) is 0 Å². The van der Waals surface area contributed by atoms with Crippen LogP contribution < -0.4 is 9.64 Å². The fourth-order valence-electron chi connectivity index (χ4n) is 3.22.